The monoisotopic (exact) mass is 236 g/mol. The predicted molar refractivity (Wildman–Crippen MR) is 59.0 cm³/mol. The van der Waals surface area contributed by atoms with E-state index < -0.39 is 18.2 Å². The molecule has 6 heteroatoms. The molecule has 0 aliphatic heterocycles. The standard InChI is InChI=1S/C11H12N2O4/c12-4-3-9(14)10(15)6-1-2-7(11(16)17)8(13)5-6/h1-2,5,9-10,14-15H,3,13H2,(H,16,17). The van der Waals surface area contributed by atoms with Crippen molar-refractivity contribution in [1.29, 1.82) is 5.26 Å². The normalized spacial score (nSPS) is 13.7. The third kappa shape index (κ3) is 2.93. The SMILES string of the molecule is N#CCC(O)C(O)c1ccc(C(=O)O)c(N)c1. The van der Waals surface area contributed by atoms with E-state index in [9.17, 15) is 15.0 Å². The molecule has 0 amide bonds. The number of carboxylic acids is 1. The first-order chi connectivity index (χ1) is 7.97. The van der Waals surface area contributed by atoms with E-state index in [-0.39, 0.29) is 23.2 Å². The first-order valence-corrected chi connectivity index (χ1v) is 4.83. The molecule has 0 aliphatic rings. The van der Waals surface area contributed by atoms with Gasteiger partial charge in [-0.1, -0.05) is 6.07 Å². The second-order valence-electron chi connectivity index (χ2n) is 3.53. The van der Waals surface area contributed by atoms with E-state index in [1.54, 1.807) is 6.07 Å². The number of benzene rings is 1. The molecule has 17 heavy (non-hydrogen) atoms. The molecule has 5 N–H and O–H groups in total. The summed E-state index contributed by atoms with van der Waals surface area (Å²) < 4.78 is 0. The van der Waals surface area contributed by atoms with Gasteiger partial charge in [0, 0.05) is 5.69 Å². The molecule has 1 aromatic rings. The Labute approximate surface area is 97.5 Å². The minimum absolute atomic E-state index is 0.00166. The molecule has 0 saturated carbocycles. The number of aliphatic hydroxyl groups excluding tert-OH is 2. The van der Waals surface area contributed by atoms with Crippen LogP contribution in [0.4, 0.5) is 5.69 Å². The summed E-state index contributed by atoms with van der Waals surface area (Å²) in [6, 6.07) is 5.60. The number of carbonyl (C=O) groups is 1. The first kappa shape index (κ1) is 13.0. The van der Waals surface area contributed by atoms with E-state index in [4.69, 9.17) is 16.1 Å². The predicted octanol–water partition coefficient (Wildman–Crippen LogP) is 0.275. The van der Waals surface area contributed by atoms with Gasteiger partial charge in [-0.3, -0.25) is 0 Å². The summed E-state index contributed by atoms with van der Waals surface area (Å²) in [4.78, 5) is 10.7. The second kappa shape index (κ2) is 5.30. The van der Waals surface area contributed by atoms with Crippen molar-refractivity contribution in [3.63, 3.8) is 0 Å². The Balaban J connectivity index is 2.98. The zero-order chi connectivity index (χ0) is 13.0. The Kier molecular flexibility index (Phi) is 4.04. The summed E-state index contributed by atoms with van der Waals surface area (Å²) in [6.45, 7) is 0. The van der Waals surface area contributed by atoms with Crippen molar-refractivity contribution in [2.45, 2.75) is 18.6 Å². The molecule has 0 aromatic heterocycles. The van der Waals surface area contributed by atoms with Gasteiger partial charge in [0.15, 0.2) is 0 Å². The maximum Gasteiger partial charge on any atom is 0.337 e. The van der Waals surface area contributed by atoms with E-state index in [0.717, 1.165) is 0 Å². The Morgan fingerprint density at radius 3 is 2.59 bits per heavy atom. The van der Waals surface area contributed by atoms with Crippen molar-refractivity contribution in [2.75, 3.05) is 5.73 Å². The van der Waals surface area contributed by atoms with Crippen molar-refractivity contribution in [2.24, 2.45) is 0 Å². The van der Waals surface area contributed by atoms with E-state index in [1.807, 2.05) is 0 Å². The fourth-order valence-electron chi connectivity index (χ4n) is 1.39. The van der Waals surface area contributed by atoms with Crippen LogP contribution in [0.25, 0.3) is 0 Å². The molecular formula is C11H12N2O4. The Bertz CT molecular complexity index is 467. The summed E-state index contributed by atoms with van der Waals surface area (Å²) in [5.41, 5.74) is 5.69. The molecule has 2 atom stereocenters. The van der Waals surface area contributed by atoms with E-state index >= 15 is 0 Å². The summed E-state index contributed by atoms with van der Waals surface area (Å²) in [7, 11) is 0. The van der Waals surface area contributed by atoms with E-state index in [2.05, 4.69) is 0 Å². The van der Waals surface area contributed by atoms with Crippen LogP contribution in [0.1, 0.15) is 28.4 Å². The Hall–Kier alpha value is -2.10. The van der Waals surface area contributed by atoms with Crippen molar-refractivity contribution in [3.05, 3.63) is 29.3 Å². The largest absolute Gasteiger partial charge is 0.478 e. The van der Waals surface area contributed by atoms with Crippen LogP contribution in [0.15, 0.2) is 18.2 Å². The summed E-state index contributed by atoms with van der Waals surface area (Å²) in [6.07, 6.45) is -2.71. The minimum Gasteiger partial charge on any atom is -0.478 e. The highest BCUT2D eigenvalue weighted by atomic mass is 16.4. The molecule has 1 rings (SSSR count). The number of nitrogens with two attached hydrogens (primary N) is 1. The molecule has 0 heterocycles. The van der Waals surface area contributed by atoms with Crippen LogP contribution in [-0.2, 0) is 0 Å². The zero-order valence-corrected chi connectivity index (χ0v) is 8.87. The number of hydrogen-bond donors (Lipinski definition) is 4. The van der Waals surface area contributed by atoms with Gasteiger partial charge in [0.25, 0.3) is 0 Å². The average molecular weight is 236 g/mol. The smallest absolute Gasteiger partial charge is 0.337 e. The number of rotatable bonds is 4. The van der Waals surface area contributed by atoms with Crippen LogP contribution in [0, 0.1) is 11.3 Å². The van der Waals surface area contributed by atoms with Crippen molar-refractivity contribution < 1.29 is 20.1 Å². The number of hydrogen-bond acceptors (Lipinski definition) is 5. The van der Waals surface area contributed by atoms with Gasteiger partial charge in [-0.2, -0.15) is 5.26 Å². The van der Waals surface area contributed by atoms with E-state index in [1.165, 1.54) is 18.2 Å². The maximum absolute atomic E-state index is 10.7. The highest BCUT2D eigenvalue weighted by molar-refractivity contribution is 5.93. The quantitative estimate of drug-likeness (QED) is 0.556. The fraction of sp³-hybridized carbons (Fsp3) is 0.273. The number of nitrogens with zero attached hydrogens (tertiary/aromatic N) is 1. The average Bonchev–Trinajstić information content (AvgIpc) is 2.27. The highest BCUT2D eigenvalue weighted by Gasteiger charge is 2.19. The van der Waals surface area contributed by atoms with Crippen LogP contribution >= 0.6 is 0 Å². The van der Waals surface area contributed by atoms with E-state index in [0.29, 0.717) is 0 Å². The summed E-state index contributed by atoms with van der Waals surface area (Å²) in [5, 5.41) is 36.2. The molecule has 0 aliphatic carbocycles. The van der Waals surface area contributed by atoms with Gasteiger partial charge in [-0.05, 0) is 17.7 Å². The first-order valence-electron chi connectivity index (χ1n) is 4.83. The molecular weight excluding hydrogens is 224 g/mol. The van der Waals surface area contributed by atoms with Crippen LogP contribution in [0.5, 0.6) is 0 Å². The van der Waals surface area contributed by atoms with Crippen molar-refractivity contribution >= 4 is 11.7 Å². The molecule has 90 valence electrons. The second-order valence-corrected chi connectivity index (χ2v) is 3.53. The lowest BCUT2D eigenvalue weighted by molar-refractivity contribution is 0.0216. The number of nitrogen functional groups attached to an aromatic ring is 1. The van der Waals surface area contributed by atoms with Crippen LogP contribution < -0.4 is 5.73 Å². The molecule has 0 fully saturated rings. The van der Waals surface area contributed by atoms with Gasteiger partial charge in [-0.15, -0.1) is 0 Å². The Morgan fingerprint density at radius 1 is 1.47 bits per heavy atom. The van der Waals surface area contributed by atoms with Crippen LogP contribution in [0.3, 0.4) is 0 Å². The van der Waals surface area contributed by atoms with Gasteiger partial charge < -0.3 is 21.1 Å². The molecule has 0 spiro atoms. The molecule has 1 aromatic carbocycles. The number of aromatic carboxylic acids is 1. The van der Waals surface area contributed by atoms with Gasteiger partial charge in [0.2, 0.25) is 0 Å². The van der Waals surface area contributed by atoms with Gasteiger partial charge in [-0.25, -0.2) is 4.79 Å². The summed E-state index contributed by atoms with van der Waals surface area (Å²) in [5.74, 6) is -1.17. The molecule has 0 bridgehead atoms. The third-order valence-corrected chi connectivity index (χ3v) is 2.31. The lowest BCUT2D eigenvalue weighted by atomic mass is 10.00. The van der Waals surface area contributed by atoms with Gasteiger partial charge >= 0.3 is 5.97 Å². The molecule has 6 nitrogen and oxygen atoms in total. The van der Waals surface area contributed by atoms with Crippen LogP contribution in [0.2, 0.25) is 0 Å². The van der Waals surface area contributed by atoms with Gasteiger partial charge in [0.1, 0.15) is 6.10 Å². The number of carboxylic acid groups (broad SMARTS) is 1. The van der Waals surface area contributed by atoms with Crippen molar-refractivity contribution in [3.8, 4) is 6.07 Å². The molecule has 2 unspecified atom stereocenters. The highest BCUT2D eigenvalue weighted by Crippen LogP contribution is 2.23. The van der Waals surface area contributed by atoms with Crippen LogP contribution in [-0.4, -0.2) is 27.4 Å². The summed E-state index contributed by atoms with van der Waals surface area (Å²) >= 11 is 0. The fourth-order valence-corrected chi connectivity index (χ4v) is 1.39. The topological polar surface area (TPSA) is 128 Å². The lowest BCUT2D eigenvalue weighted by Crippen LogP contribution is -2.18. The molecule has 0 radical (unpaired) electrons. The molecule has 0 saturated heterocycles. The zero-order valence-electron chi connectivity index (χ0n) is 8.87. The Morgan fingerprint density at radius 2 is 2.12 bits per heavy atom. The number of anilines is 1. The number of nitriles is 1. The van der Waals surface area contributed by atoms with Gasteiger partial charge in [0.05, 0.1) is 24.2 Å². The van der Waals surface area contributed by atoms with Crippen molar-refractivity contribution in [1.82, 2.24) is 0 Å². The number of aliphatic hydroxyl groups is 2. The minimum atomic E-state index is -1.26. The maximum atomic E-state index is 10.7. The third-order valence-electron chi connectivity index (χ3n) is 2.31. The lowest BCUT2D eigenvalue weighted by Gasteiger charge is -2.16.